The van der Waals surface area contributed by atoms with Crippen LogP contribution in [-0.4, -0.2) is 28.9 Å². The first kappa shape index (κ1) is 16.8. The molecule has 2 heterocycles. The summed E-state index contributed by atoms with van der Waals surface area (Å²) in [6, 6.07) is 10.5. The van der Waals surface area contributed by atoms with Crippen molar-refractivity contribution in [2.24, 2.45) is 0 Å². The molecule has 1 amide bonds. The van der Waals surface area contributed by atoms with Crippen molar-refractivity contribution in [1.82, 2.24) is 9.88 Å². The molecule has 1 aliphatic heterocycles. The Morgan fingerprint density at radius 3 is 2.42 bits per heavy atom. The zero-order valence-corrected chi connectivity index (χ0v) is 15.7. The van der Waals surface area contributed by atoms with Gasteiger partial charge in [-0.25, -0.2) is 0 Å². The highest BCUT2D eigenvalue weighted by Crippen LogP contribution is 2.29. The van der Waals surface area contributed by atoms with E-state index in [4.69, 9.17) is 12.2 Å². The Balaban J connectivity index is 1.99. The third-order valence-corrected chi connectivity index (χ3v) is 5.19. The number of thioether (sulfide) groups is 1. The molecule has 3 rings (SSSR count). The lowest BCUT2D eigenvalue weighted by Gasteiger charge is -2.14. The van der Waals surface area contributed by atoms with Gasteiger partial charge in [-0.2, -0.15) is 0 Å². The van der Waals surface area contributed by atoms with Gasteiger partial charge < -0.3 is 14.8 Å². The number of aromatic nitrogens is 1. The number of nitrogens with one attached hydrogen (secondary N) is 1. The van der Waals surface area contributed by atoms with Crippen molar-refractivity contribution in [1.29, 1.82) is 0 Å². The molecule has 4 nitrogen and oxygen atoms in total. The number of benzene rings is 1. The molecule has 1 aliphatic rings. The van der Waals surface area contributed by atoms with Gasteiger partial charge in [0.2, 0.25) is 0 Å². The summed E-state index contributed by atoms with van der Waals surface area (Å²) in [6.45, 7) is 4.14. The van der Waals surface area contributed by atoms with Gasteiger partial charge in [-0.05, 0) is 55.8 Å². The number of anilines is 1. The van der Waals surface area contributed by atoms with Gasteiger partial charge in [0.25, 0.3) is 5.91 Å². The molecule has 1 N–H and O–H groups in total. The maximum atomic E-state index is 11.9. The summed E-state index contributed by atoms with van der Waals surface area (Å²) in [5.74, 6) is -0.120. The largest absolute Gasteiger partial charge is 0.378 e. The quantitative estimate of drug-likeness (QED) is 0.672. The number of hydrogen-bond acceptors (Lipinski definition) is 4. The van der Waals surface area contributed by atoms with Crippen LogP contribution in [0.15, 0.2) is 35.2 Å². The molecule has 1 fully saturated rings. The first-order chi connectivity index (χ1) is 11.4. The summed E-state index contributed by atoms with van der Waals surface area (Å²) < 4.78 is 2.71. The number of aryl methyl sites for hydroxylation is 1. The lowest BCUT2D eigenvalue weighted by Crippen LogP contribution is -2.17. The second-order valence-electron chi connectivity index (χ2n) is 5.92. The van der Waals surface area contributed by atoms with Gasteiger partial charge in [-0.15, -0.1) is 0 Å². The number of nitrogens with zero attached hydrogens (tertiary/aromatic N) is 2. The maximum Gasteiger partial charge on any atom is 0.263 e. The van der Waals surface area contributed by atoms with E-state index in [1.165, 1.54) is 11.8 Å². The number of thiocarbonyl (C=S) groups is 1. The van der Waals surface area contributed by atoms with Crippen LogP contribution < -0.4 is 10.2 Å². The first-order valence-electron chi connectivity index (χ1n) is 7.58. The molecule has 0 bridgehead atoms. The second kappa shape index (κ2) is 6.45. The molecule has 0 radical (unpaired) electrons. The van der Waals surface area contributed by atoms with Crippen LogP contribution in [-0.2, 0) is 4.79 Å². The predicted molar refractivity (Wildman–Crippen MR) is 106 cm³/mol. The van der Waals surface area contributed by atoms with E-state index in [9.17, 15) is 4.79 Å². The molecule has 0 spiro atoms. The van der Waals surface area contributed by atoms with E-state index in [1.54, 1.807) is 0 Å². The summed E-state index contributed by atoms with van der Waals surface area (Å²) in [7, 11) is 4.06. The Bertz CT molecular complexity index is 848. The molecule has 1 aromatic heterocycles. The Morgan fingerprint density at radius 1 is 1.21 bits per heavy atom. The Labute approximate surface area is 151 Å². The minimum atomic E-state index is -0.120. The van der Waals surface area contributed by atoms with E-state index in [0.29, 0.717) is 9.23 Å². The van der Waals surface area contributed by atoms with Crippen molar-refractivity contribution >= 4 is 46.0 Å². The fourth-order valence-electron chi connectivity index (χ4n) is 2.79. The van der Waals surface area contributed by atoms with Crippen LogP contribution in [0.2, 0.25) is 0 Å². The maximum absolute atomic E-state index is 11.9. The average molecular weight is 358 g/mol. The second-order valence-corrected chi connectivity index (χ2v) is 7.64. The van der Waals surface area contributed by atoms with E-state index in [2.05, 4.69) is 59.0 Å². The molecular formula is C18H19N3OS2. The number of hydrogen-bond donors (Lipinski definition) is 1. The molecule has 0 saturated carbocycles. The highest BCUT2D eigenvalue weighted by molar-refractivity contribution is 8.26. The van der Waals surface area contributed by atoms with Gasteiger partial charge in [0.1, 0.15) is 4.32 Å². The minimum absolute atomic E-state index is 0.120. The Hall–Kier alpha value is -2.05. The van der Waals surface area contributed by atoms with Crippen LogP contribution in [0.5, 0.6) is 0 Å². The monoisotopic (exact) mass is 357 g/mol. The van der Waals surface area contributed by atoms with Gasteiger partial charge in [0.05, 0.1) is 4.91 Å². The predicted octanol–water partition coefficient (Wildman–Crippen LogP) is 3.65. The van der Waals surface area contributed by atoms with Crippen LogP contribution in [0.1, 0.15) is 17.0 Å². The van der Waals surface area contributed by atoms with Gasteiger partial charge in [0, 0.05) is 36.9 Å². The van der Waals surface area contributed by atoms with Crippen LogP contribution in [0.4, 0.5) is 5.69 Å². The number of carbonyl (C=O) groups excluding carboxylic acids is 1. The average Bonchev–Trinajstić information content (AvgIpc) is 2.98. The first-order valence-corrected chi connectivity index (χ1v) is 8.81. The molecule has 0 aliphatic carbocycles. The topological polar surface area (TPSA) is 37.3 Å². The molecule has 0 unspecified atom stereocenters. The fraction of sp³-hybridized carbons (Fsp3) is 0.222. The number of amides is 1. The van der Waals surface area contributed by atoms with Gasteiger partial charge in [0.15, 0.2) is 0 Å². The van der Waals surface area contributed by atoms with Crippen molar-refractivity contribution < 1.29 is 4.79 Å². The molecule has 24 heavy (non-hydrogen) atoms. The van der Waals surface area contributed by atoms with Crippen LogP contribution in [0, 0.1) is 13.8 Å². The lowest BCUT2D eigenvalue weighted by atomic mass is 10.2. The zero-order chi connectivity index (χ0) is 17.4. The minimum Gasteiger partial charge on any atom is -0.378 e. The van der Waals surface area contributed by atoms with Crippen molar-refractivity contribution in [2.75, 3.05) is 19.0 Å². The molecule has 1 saturated heterocycles. The third-order valence-electron chi connectivity index (χ3n) is 4.02. The fourth-order valence-corrected chi connectivity index (χ4v) is 3.83. The standard InChI is InChI=1S/C18H19N3OS2/c1-11-9-13(10-16-17(22)19-18(23)24-16)12(2)21(11)15-7-5-14(6-8-15)20(3)4/h5-10H,1-4H3,(H,19,22,23)/b16-10+. The summed E-state index contributed by atoms with van der Waals surface area (Å²) in [5, 5.41) is 2.65. The highest BCUT2D eigenvalue weighted by atomic mass is 32.2. The van der Waals surface area contributed by atoms with Crippen LogP contribution in [0.3, 0.4) is 0 Å². The van der Waals surface area contributed by atoms with Crippen molar-refractivity contribution in [3.05, 3.63) is 52.2 Å². The summed E-state index contributed by atoms with van der Waals surface area (Å²) in [4.78, 5) is 14.6. The SMILES string of the molecule is Cc1cc(/C=C2/SC(=S)NC2=O)c(C)n1-c1ccc(N(C)C)cc1. The zero-order valence-electron chi connectivity index (χ0n) is 14.1. The van der Waals surface area contributed by atoms with E-state index >= 15 is 0 Å². The Morgan fingerprint density at radius 2 is 1.88 bits per heavy atom. The molecule has 0 atom stereocenters. The summed E-state index contributed by atoms with van der Waals surface area (Å²) in [5.41, 5.74) is 5.54. The normalized spacial score (nSPS) is 15.9. The third kappa shape index (κ3) is 3.12. The van der Waals surface area contributed by atoms with E-state index in [0.717, 1.165) is 28.3 Å². The molecule has 124 valence electrons. The van der Waals surface area contributed by atoms with Gasteiger partial charge >= 0.3 is 0 Å². The van der Waals surface area contributed by atoms with Gasteiger partial charge in [-0.1, -0.05) is 24.0 Å². The molecule has 6 heteroatoms. The highest BCUT2D eigenvalue weighted by Gasteiger charge is 2.23. The van der Waals surface area contributed by atoms with E-state index < -0.39 is 0 Å². The summed E-state index contributed by atoms with van der Waals surface area (Å²) >= 11 is 6.35. The molecule has 1 aromatic carbocycles. The van der Waals surface area contributed by atoms with Crippen LogP contribution in [0.25, 0.3) is 11.8 Å². The van der Waals surface area contributed by atoms with Crippen LogP contribution >= 0.6 is 24.0 Å². The van der Waals surface area contributed by atoms with Crippen molar-refractivity contribution in [3.63, 3.8) is 0 Å². The number of carbonyl (C=O) groups is 1. The van der Waals surface area contributed by atoms with Crippen molar-refractivity contribution in [3.8, 4) is 5.69 Å². The smallest absolute Gasteiger partial charge is 0.263 e. The molecule has 2 aromatic rings. The summed E-state index contributed by atoms with van der Waals surface area (Å²) in [6.07, 6.45) is 1.91. The number of rotatable bonds is 3. The lowest BCUT2D eigenvalue weighted by molar-refractivity contribution is -0.115. The molecular weight excluding hydrogens is 338 g/mol. The van der Waals surface area contributed by atoms with E-state index in [-0.39, 0.29) is 5.91 Å². The van der Waals surface area contributed by atoms with Crippen molar-refractivity contribution in [2.45, 2.75) is 13.8 Å². The van der Waals surface area contributed by atoms with E-state index in [1.807, 2.05) is 20.2 Å². The Kier molecular flexibility index (Phi) is 4.51. The van der Waals surface area contributed by atoms with Gasteiger partial charge in [-0.3, -0.25) is 4.79 Å².